The summed E-state index contributed by atoms with van der Waals surface area (Å²) in [4.78, 5) is 26.5. The Bertz CT molecular complexity index is 940. The fourth-order valence-electron chi connectivity index (χ4n) is 3.47. The van der Waals surface area contributed by atoms with Gasteiger partial charge in [-0.1, -0.05) is 60.1 Å². The minimum absolute atomic E-state index is 0.107. The molecule has 6 nitrogen and oxygen atoms in total. The Hall–Kier alpha value is -2.09. The van der Waals surface area contributed by atoms with Gasteiger partial charge < -0.3 is 20.1 Å². The van der Waals surface area contributed by atoms with Crippen molar-refractivity contribution >= 4 is 23.2 Å². The van der Waals surface area contributed by atoms with Crippen LogP contribution in [0, 0.1) is 13.8 Å². The predicted octanol–water partition coefficient (Wildman–Crippen LogP) is 2.14. The number of hydrogen-bond donors (Lipinski definition) is 3. The summed E-state index contributed by atoms with van der Waals surface area (Å²) in [7, 11) is 0. The molecule has 2 aromatic rings. The van der Waals surface area contributed by atoms with E-state index in [9.17, 15) is 24.9 Å². The molecule has 3 atom stereocenters. The van der Waals surface area contributed by atoms with Crippen LogP contribution in [0.5, 0.6) is 0 Å². The third-order valence-electron chi connectivity index (χ3n) is 5.19. The lowest BCUT2D eigenvalue weighted by Gasteiger charge is -2.48. The second-order valence-electron chi connectivity index (χ2n) is 7.16. The van der Waals surface area contributed by atoms with Crippen LogP contribution in [0.1, 0.15) is 38.3 Å². The first kappa shape index (κ1) is 20.6. The maximum Gasteiger partial charge on any atom is 0.249 e. The van der Waals surface area contributed by atoms with E-state index in [0.29, 0.717) is 11.1 Å². The fourth-order valence-corrected chi connectivity index (χ4v) is 3.72. The lowest BCUT2D eigenvalue weighted by atomic mass is 9.69. The number of aliphatic hydroxyl groups is 3. The standard InChI is InChI=1S/C21H21ClO6/c1-13-7-3-5-9-15(13)17(23)19(25)11-21(22,27)28-12-20(19,26)18(24)16-10-6-4-8-14(16)2/h3-10,25-27H,11-12H2,1-2H3/t19-,20+,21?/m1/s1. The van der Waals surface area contributed by atoms with E-state index in [1.54, 1.807) is 50.2 Å². The van der Waals surface area contributed by atoms with Crippen LogP contribution in [0.25, 0.3) is 0 Å². The molecule has 2 aromatic carbocycles. The number of carbonyl (C=O) groups is 2. The van der Waals surface area contributed by atoms with Crippen molar-refractivity contribution in [3.63, 3.8) is 0 Å². The highest BCUT2D eigenvalue weighted by atomic mass is 35.5. The number of carbonyl (C=O) groups excluding carboxylic acids is 2. The Labute approximate surface area is 167 Å². The SMILES string of the molecule is Cc1ccccc1C(=O)[C@]1(O)CC(O)(Cl)OC[C@]1(O)C(=O)c1ccccc1C. The van der Waals surface area contributed by atoms with Crippen LogP contribution in [-0.4, -0.2) is 49.9 Å². The molecule has 0 aromatic heterocycles. The Morgan fingerprint density at radius 1 is 0.857 bits per heavy atom. The van der Waals surface area contributed by atoms with Crippen molar-refractivity contribution in [3.05, 3.63) is 70.8 Å². The average molecular weight is 405 g/mol. The highest BCUT2D eigenvalue weighted by Gasteiger charge is 2.66. The monoisotopic (exact) mass is 404 g/mol. The molecule has 7 heteroatoms. The van der Waals surface area contributed by atoms with Gasteiger partial charge in [0.15, 0.2) is 17.0 Å². The minimum atomic E-state index is -2.70. The molecule has 1 aliphatic rings. The third-order valence-corrected chi connectivity index (χ3v) is 5.43. The van der Waals surface area contributed by atoms with Crippen molar-refractivity contribution in [3.8, 4) is 0 Å². The maximum atomic E-state index is 13.3. The summed E-state index contributed by atoms with van der Waals surface area (Å²) in [5, 5.41) is 30.3. The van der Waals surface area contributed by atoms with Crippen LogP contribution in [-0.2, 0) is 4.74 Å². The van der Waals surface area contributed by atoms with Crippen LogP contribution in [0.4, 0.5) is 0 Å². The second-order valence-corrected chi connectivity index (χ2v) is 7.75. The number of aryl methyl sites for hydroxylation is 2. The summed E-state index contributed by atoms with van der Waals surface area (Å²) in [6.07, 6.45) is -0.886. The molecule has 28 heavy (non-hydrogen) atoms. The zero-order valence-electron chi connectivity index (χ0n) is 15.5. The van der Waals surface area contributed by atoms with E-state index in [4.69, 9.17) is 16.3 Å². The summed E-state index contributed by atoms with van der Waals surface area (Å²) >= 11 is 5.84. The van der Waals surface area contributed by atoms with Crippen molar-refractivity contribution in [1.82, 2.24) is 0 Å². The molecule has 1 aliphatic heterocycles. The Balaban J connectivity index is 2.15. The van der Waals surface area contributed by atoms with Crippen molar-refractivity contribution < 1.29 is 29.6 Å². The quantitative estimate of drug-likeness (QED) is 0.532. The number of Topliss-reactive ketones (excluding diaryl/α,β-unsaturated/α-hetero) is 2. The van der Waals surface area contributed by atoms with Gasteiger partial charge in [0.2, 0.25) is 11.0 Å². The molecule has 0 saturated carbocycles. The molecule has 3 rings (SSSR count). The van der Waals surface area contributed by atoms with Gasteiger partial charge in [0.25, 0.3) is 0 Å². The summed E-state index contributed by atoms with van der Waals surface area (Å²) < 4.78 is 5.01. The van der Waals surface area contributed by atoms with Crippen LogP contribution in [0.15, 0.2) is 48.5 Å². The van der Waals surface area contributed by atoms with Crippen LogP contribution in [0.3, 0.4) is 0 Å². The van der Waals surface area contributed by atoms with Gasteiger partial charge in [0.05, 0.1) is 13.0 Å². The lowest BCUT2D eigenvalue weighted by molar-refractivity contribution is -0.262. The van der Waals surface area contributed by atoms with E-state index in [2.05, 4.69) is 0 Å². The predicted molar refractivity (Wildman–Crippen MR) is 102 cm³/mol. The topological polar surface area (TPSA) is 104 Å². The Morgan fingerprint density at radius 3 is 1.75 bits per heavy atom. The molecule has 0 radical (unpaired) electrons. The summed E-state index contributed by atoms with van der Waals surface area (Å²) in [6.45, 7) is 2.47. The van der Waals surface area contributed by atoms with Gasteiger partial charge >= 0.3 is 0 Å². The number of hydrogen-bond acceptors (Lipinski definition) is 6. The molecule has 0 bridgehead atoms. The van der Waals surface area contributed by atoms with E-state index in [0.717, 1.165) is 0 Å². The molecule has 1 saturated heterocycles. The van der Waals surface area contributed by atoms with E-state index in [-0.39, 0.29) is 11.1 Å². The molecule has 1 unspecified atom stereocenters. The molecule has 1 fully saturated rings. The van der Waals surface area contributed by atoms with Crippen molar-refractivity contribution in [2.75, 3.05) is 6.61 Å². The first-order chi connectivity index (χ1) is 13.0. The number of alkyl halides is 1. The molecule has 0 spiro atoms. The number of ketones is 2. The summed E-state index contributed by atoms with van der Waals surface area (Å²) in [6, 6.07) is 12.9. The van der Waals surface area contributed by atoms with Crippen molar-refractivity contribution in [1.29, 1.82) is 0 Å². The molecule has 0 aliphatic carbocycles. The zero-order chi connectivity index (χ0) is 20.7. The van der Waals surface area contributed by atoms with Gasteiger partial charge in [0.1, 0.15) is 0 Å². The molecular weight excluding hydrogens is 384 g/mol. The van der Waals surface area contributed by atoms with E-state index < -0.39 is 41.0 Å². The average Bonchev–Trinajstić information content (AvgIpc) is 2.64. The van der Waals surface area contributed by atoms with Crippen LogP contribution in [0.2, 0.25) is 0 Å². The second kappa shape index (κ2) is 7.06. The smallest absolute Gasteiger partial charge is 0.249 e. The molecule has 148 valence electrons. The van der Waals surface area contributed by atoms with Gasteiger partial charge in [-0.15, -0.1) is 0 Å². The largest absolute Gasteiger partial charge is 0.378 e. The van der Waals surface area contributed by atoms with Gasteiger partial charge in [-0.3, -0.25) is 9.59 Å². The molecule has 0 amide bonds. The first-order valence-corrected chi connectivity index (χ1v) is 9.10. The Morgan fingerprint density at radius 2 is 1.29 bits per heavy atom. The van der Waals surface area contributed by atoms with E-state index in [1.165, 1.54) is 12.1 Å². The van der Waals surface area contributed by atoms with Crippen LogP contribution >= 0.6 is 11.6 Å². The van der Waals surface area contributed by atoms with E-state index >= 15 is 0 Å². The number of ether oxygens (including phenoxy) is 1. The number of halogens is 1. The Kier molecular flexibility index (Phi) is 5.20. The van der Waals surface area contributed by atoms with Crippen molar-refractivity contribution in [2.45, 2.75) is 36.7 Å². The number of benzene rings is 2. The maximum absolute atomic E-state index is 13.3. The van der Waals surface area contributed by atoms with Gasteiger partial charge in [-0.25, -0.2) is 0 Å². The fraction of sp³-hybridized carbons (Fsp3) is 0.333. The molecular formula is C21H21ClO6. The van der Waals surface area contributed by atoms with Gasteiger partial charge in [-0.2, -0.15) is 0 Å². The van der Waals surface area contributed by atoms with E-state index in [1.807, 2.05) is 0 Å². The molecule has 3 N–H and O–H groups in total. The highest BCUT2D eigenvalue weighted by Crippen LogP contribution is 2.43. The summed E-state index contributed by atoms with van der Waals surface area (Å²) in [5.41, 5.74) is -4.01. The zero-order valence-corrected chi connectivity index (χ0v) is 16.2. The number of rotatable bonds is 4. The molecule has 1 heterocycles. The van der Waals surface area contributed by atoms with Crippen molar-refractivity contribution in [2.24, 2.45) is 0 Å². The third kappa shape index (κ3) is 3.27. The lowest BCUT2D eigenvalue weighted by Crippen LogP contribution is -2.71. The highest BCUT2D eigenvalue weighted by molar-refractivity contribution is 6.23. The normalized spacial score (nSPS) is 30.1. The minimum Gasteiger partial charge on any atom is -0.378 e. The summed E-state index contributed by atoms with van der Waals surface area (Å²) in [5.74, 6) is -1.81. The van der Waals surface area contributed by atoms with Crippen LogP contribution < -0.4 is 0 Å². The van der Waals surface area contributed by atoms with Gasteiger partial charge in [0, 0.05) is 11.1 Å². The van der Waals surface area contributed by atoms with Gasteiger partial charge in [-0.05, 0) is 25.0 Å². The first-order valence-electron chi connectivity index (χ1n) is 8.73.